The lowest BCUT2D eigenvalue weighted by atomic mass is 10.1. The summed E-state index contributed by atoms with van der Waals surface area (Å²) in [5.74, 6) is -0.237. The molecular formula is C22H16FNO2. The minimum Gasteiger partial charge on any atom is -0.508 e. The number of hydrogen-bond acceptors (Lipinski definition) is 3. The molecule has 0 amide bonds. The number of aromatic hydroxyl groups is 1. The Kier molecular flexibility index (Phi) is 5.34. The number of carbonyl (C=O) groups excluding carboxylic acids is 1. The molecule has 0 heterocycles. The van der Waals surface area contributed by atoms with Crippen LogP contribution in [0.5, 0.6) is 5.75 Å². The molecule has 3 aromatic rings. The predicted octanol–water partition coefficient (Wildman–Crippen LogP) is 5.18. The number of phenolic OH excluding ortho intramolecular Hbond substituents is 1. The predicted molar refractivity (Wildman–Crippen MR) is 102 cm³/mol. The van der Waals surface area contributed by atoms with E-state index in [2.05, 4.69) is 4.99 Å². The fourth-order valence-corrected chi connectivity index (χ4v) is 2.26. The van der Waals surface area contributed by atoms with Crippen molar-refractivity contribution in [3.05, 3.63) is 101 Å². The van der Waals surface area contributed by atoms with Crippen molar-refractivity contribution in [2.45, 2.75) is 0 Å². The van der Waals surface area contributed by atoms with Gasteiger partial charge >= 0.3 is 0 Å². The van der Waals surface area contributed by atoms with Gasteiger partial charge in [-0.2, -0.15) is 0 Å². The summed E-state index contributed by atoms with van der Waals surface area (Å²) in [4.78, 5) is 16.5. The van der Waals surface area contributed by atoms with Gasteiger partial charge in [0.05, 0.1) is 5.69 Å². The van der Waals surface area contributed by atoms with Crippen LogP contribution in [0.4, 0.5) is 10.1 Å². The summed E-state index contributed by atoms with van der Waals surface area (Å²) in [5, 5.41) is 9.25. The van der Waals surface area contributed by atoms with Gasteiger partial charge in [0.15, 0.2) is 5.78 Å². The molecule has 3 aromatic carbocycles. The lowest BCUT2D eigenvalue weighted by Crippen LogP contribution is -1.93. The van der Waals surface area contributed by atoms with E-state index in [-0.39, 0.29) is 17.3 Å². The van der Waals surface area contributed by atoms with Crippen molar-refractivity contribution in [1.82, 2.24) is 0 Å². The van der Waals surface area contributed by atoms with Crippen LogP contribution in [0.3, 0.4) is 0 Å². The van der Waals surface area contributed by atoms with Crippen LogP contribution in [-0.2, 0) is 0 Å². The molecule has 0 bridgehead atoms. The first-order chi connectivity index (χ1) is 12.6. The fourth-order valence-electron chi connectivity index (χ4n) is 2.26. The highest BCUT2D eigenvalue weighted by atomic mass is 19.1. The smallest absolute Gasteiger partial charge is 0.185 e. The summed E-state index contributed by atoms with van der Waals surface area (Å²) >= 11 is 0. The molecule has 3 rings (SSSR count). The second kappa shape index (κ2) is 8.03. The molecule has 1 N–H and O–H groups in total. The minimum atomic E-state index is -0.308. The topological polar surface area (TPSA) is 49.7 Å². The summed E-state index contributed by atoms with van der Waals surface area (Å²) in [6.45, 7) is 0. The molecule has 3 nitrogen and oxygen atoms in total. The van der Waals surface area contributed by atoms with Crippen molar-refractivity contribution in [3.8, 4) is 5.75 Å². The Labute approximate surface area is 150 Å². The van der Waals surface area contributed by atoms with Gasteiger partial charge in [0.25, 0.3) is 0 Å². The van der Waals surface area contributed by atoms with E-state index in [9.17, 15) is 14.3 Å². The second-order valence-electron chi connectivity index (χ2n) is 5.65. The van der Waals surface area contributed by atoms with Crippen molar-refractivity contribution < 1.29 is 14.3 Å². The highest BCUT2D eigenvalue weighted by Gasteiger charge is 2.01. The van der Waals surface area contributed by atoms with Crippen LogP contribution in [-0.4, -0.2) is 17.1 Å². The third-order valence-corrected chi connectivity index (χ3v) is 3.70. The Morgan fingerprint density at radius 1 is 0.846 bits per heavy atom. The van der Waals surface area contributed by atoms with Crippen molar-refractivity contribution in [1.29, 1.82) is 0 Å². The van der Waals surface area contributed by atoms with E-state index in [0.717, 1.165) is 16.8 Å². The summed E-state index contributed by atoms with van der Waals surface area (Å²) < 4.78 is 12.9. The fraction of sp³-hybridized carbons (Fsp3) is 0. The number of phenols is 1. The van der Waals surface area contributed by atoms with E-state index in [1.54, 1.807) is 73.0 Å². The second-order valence-corrected chi connectivity index (χ2v) is 5.65. The van der Waals surface area contributed by atoms with E-state index < -0.39 is 0 Å². The van der Waals surface area contributed by atoms with Gasteiger partial charge in [-0.1, -0.05) is 18.2 Å². The Morgan fingerprint density at radius 2 is 1.46 bits per heavy atom. The monoisotopic (exact) mass is 345 g/mol. The molecule has 0 fully saturated rings. The Hall–Kier alpha value is -3.53. The third-order valence-electron chi connectivity index (χ3n) is 3.70. The number of carbonyl (C=O) groups is 1. The van der Waals surface area contributed by atoms with Gasteiger partial charge in [-0.15, -0.1) is 0 Å². The molecule has 128 valence electrons. The SMILES string of the molecule is O=C(/C=C/c1ccc(F)cc1)c1ccc(/N=C/c2ccc(O)cc2)cc1. The average Bonchev–Trinajstić information content (AvgIpc) is 2.67. The molecule has 0 unspecified atom stereocenters. The maximum absolute atomic E-state index is 12.9. The zero-order valence-corrected chi connectivity index (χ0v) is 13.8. The van der Waals surface area contributed by atoms with Crippen LogP contribution >= 0.6 is 0 Å². The van der Waals surface area contributed by atoms with Crippen LogP contribution in [0.15, 0.2) is 83.9 Å². The standard InChI is InChI=1S/C22H16FNO2/c23-19-8-1-16(2-9-19)5-14-22(26)18-6-10-20(11-7-18)24-15-17-3-12-21(25)13-4-17/h1-15,25H/b14-5+,24-15+. The van der Waals surface area contributed by atoms with Crippen LogP contribution in [0.1, 0.15) is 21.5 Å². The number of benzene rings is 3. The lowest BCUT2D eigenvalue weighted by Gasteiger charge is -1.98. The van der Waals surface area contributed by atoms with Crippen molar-refractivity contribution in [2.24, 2.45) is 4.99 Å². The maximum atomic E-state index is 12.9. The van der Waals surface area contributed by atoms with Crippen LogP contribution in [0.25, 0.3) is 6.08 Å². The van der Waals surface area contributed by atoms with Gasteiger partial charge in [0.1, 0.15) is 11.6 Å². The van der Waals surface area contributed by atoms with Gasteiger partial charge in [-0.05, 0) is 77.9 Å². The van der Waals surface area contributed by atoms with Gasteiger partial charge in [0, 0.05) is 11.8 Å². The van der Waals surface area contributed by atoms with E-state index in [1.165, 1.54) is 18.2 Å². The molecule has 4 heteroatoms. The first-order valence-electron chi connectivity index (χ1n) is 8.01. The van der Waals surface area contributed by atoms with Gasteiger partial charge in [-0.3, -0.25) is 9.79 Å². The number of nitrogens with zero attached hydrogens (tertiary/aromatic N) is 1. The number of halogens is 1. The molecule has 0 spiro atoms. The third kappa shape index (κ3) is 4.74. The first-order valence-corrected chi connectivity index (χ1v) is 8.01. The van der Waals surface area contributed by atoms with Crippen LogP contribution < -0.4 is 0 Å². The van der Waals surface area contributed by atoms with Gasteiger partial charge in [0.2, 0.25) is 0 Å². The van der Waals surface area contributed by atoms with Crippen LogP contribution in [0.2, 0.25) is 0 Å². The molecular weight excluding hydrogens is 329 g/mol. The number of ketones is 1. The summed E-state index contributed by atoms with van der Waals surface area (Å²) in [6.07, 6.45) is 4.80. The Bertz CT molecular complexity index is 941. The molecule has 0 aromatic heterocycles. The average molecular weight is 345 g/mol. The molecule has 0 aliphatic carbocycles. The van der Waals surface area contributed by atoms with Gasteiger partial charge < -0.3 is 5.11 Å². The quantitative estimate of drug-likeness (QED) is 0.394. The molecule has 0 aliphatic heterocycles. The molecule has 0 saturated carbocycles. The van der Waals surface area contributed by atoms with Crippen molar-refractivity contribution in [2.75, 3.05) is 0 Å². The highest BCUT2D eigenvalue weighted by molar-refractivity contribution is 6.07. The number of rotatable bonds is 5. The first kappa shape index (κ1) is 17.3. The van der Waals surface area contributed by atoms with E-state index >= 15 is 0 Å². The van der Waals surface area contributed by atoms with E-state index in [1.807, 2.05) is 0 Å². The highest BCUT2D eigenvalue weighted by Crippen LogP contribution is 2.15. The molecule has 0 saturated heterocycles. The Balaban J connectivity index is 1.65. The molecule has 0 radical (unpaired) electrons. The van der Waals surface area contributed by atoms with E-state index in [0.29, 0.717) is 5.56 Å². The number of aliphatic imine (C=N–C) groups is 1. The lowest BCUT2D eigenvalue weighted by molar-refractivity contribution is 0.104. The number of hydrogen-bond donors (Lipinski definition) is 1. The van der Waals surface area contributed by atoms with Gasteiger partial charge in [-0.25, -0.2) is 4.39 Å². The maximum Gasteiger partial charge on any atom is 0.185 e. The molecule has 26 heavy (non-hydrogen) atoms. The van der Waals surface area contributed by atoms with Crippen molar-refractivity contribution in [3.63, 3.8) is 0 Å². The molecule has 0 aliphatic rings. The van der Waals surface area contributed by atoms with Crippen LogP contribution in [0, 0.1) is 5.82 Å². The molecule has 0 atom stereocenters. The minimum absolute atomic E-state index is 0.136. The largest absolute Gasteiger partial charge is 0.508 e. The zero-order valence-electron chi connectivity index (χ0n) is 13.8. The summed E-state index contributed by atoms with van der Waals surface area (Å²) in [6, 6.07) is 19.6. The summed E-state index contributed by atoms with van der Waals surface area (Å²) in [7, 11) is 0. The van der Waals surface area contributed by atoms with E-state index in [4.69, 9.17) is 0 Å². The van der Waals surface area contributed by atoms with Crippen molar-refractivity contribution >= 4 is 23.8 Å². The normalized spacial score (nSPS) is 11.3. The Morgan fingerprint density at radius 3 is 2.12 bits per heavy atom. The summed E-state index contributed by atoms with van der Waals surface area (Å²) in [5.41, 5.74) is 2.89. The number of allylic oxidation sites excluding steroid dienone is 1. The zero-order chi connectivity index (χ0) is 18.4.